The van der Waals surface area contributed by atoms with Crippen molar-refractivity contribution in [3.63, 3.8) is 0 Å². The van der Waals surface area contributed by atoms with E-state index in [4.69, 9.17) is 9.84 Å². The number of thiophene rings is 1. The van der Waals surface area contributed by atoms with Gasteiger partial charge < -0.3 is 15.2 Å². The van der Waals surface area contributed by atoms with Crippen LogP contribution in [0.2, 0.25) is 0 Å². The molecular weight excluding hydrogens is 234 g/mol. The summed E-state index contributed by atoms with van der Waals surface area (Å²) < 4.78 is 5.23. The average molecular weight is 257 g/mol. The van der Waals surface area contributed by atoms with E-state index in [9.17, 15) is 0 Å². The molecule has 0 fully saturated rings. The molecule has 2 N–H and O–H groups in total. The zero-order chi connectivity index (χ0) is 12.5. The molecule has 1 rings (SSSR count). The van der Waals surface area contributed by atoms with E-state index in [2.05, 4.69) is 36.7 Å². The van der Waals surface area contributed by atoms with Gasteiger partial charge in [-0.25, -0.2) is 0 Å². The predicted molar refractivity (Wildman–Crippen MR) is 72.4 cm³/mol. The quantitative estimate of drug-likeness (QED) is 0.668. The van der Waals surface area contributed by atoms with Gasteiger partial charge >= 0.3 is 0 Å². The minimum atomic E-state index is 0.108. The van der Waals surface area contributed by atoms with Gasteiger partial charge in [-0.2, -0.15) is 0 Å². The number of hydrogen-bond acceptors (Lipinski definition) is 4. The van der Waals surface area contributed by atoms with Crippen LogP contribution >= 0.6 is 11.3 Å². The van der Waals surface area contributed by atoms with Crippen LogP contribution in [0.5, 0.6) is 0 Å². The number of aliphatic hydroxyl groups is 1. The highest BCUT2D eigenvalue weighted by Crippen LogP contribution is 2.25. The van der Waals surface area contributed by atoms with Gasteiger partial charge in [-0.05, 0) is 30.3 Å². The lowest BCUT2D eigenvalue weighted by Gasteiger charge is -2.21. The molecule has 1 aromatic heterocycles. The van der Waals surface area contributed by atoms with Crippen molar-refractivity contribution in [2.24, 2.45) is 5.92 Å². The molecule has 0 aliphatic rings. The molecule has 0 radical (unpaired) electrons. The van der Waals surface area contributed by atoms with Gasteiger partial charge in [-0.15, -0.1) is 11.3 Å². The van der Waals surface area contributed by atoms with Crippen LogP contribution in [-0.4, -0.2) is 31.5 Å². The summed E-state index contributed by atoms with van der Waals surface area (Å²) in [4.78, 5) is 1.40. The summed E-state index contributed by atoms with van der Waals surface area (Å²) in [6.45, 7) is 6.68. The molecule has 3 nitrogen and oxygen atoms in total. The lowest BCUT2D eigenvalue weighted by atomic mass is 10.0. The lowest BCUT2D eigenvalue weighted by molar-refractivity contribution is 0.0901. The Morgan fingerprint density at radius 3 is 2.82 bits per heavy atom. The number of ether oxygens (including phenoxy) is 1. The first-order valence-corrected chi connectivity index (χ1v) is 7.09. The fraction of sp³-hybridized carbons (Fsp3) is 0.692. The molecule has 0 aliphatic heterocycles. The number of aliphatic hydroxyl groups excluding tert-OH is 1. The topological polar surface area (TPSA) is 41.5 Å². The van der Waals surface area contributed by atoms with Gasteiger partial charge in [0.25, 0.3) is 0 Å². The second-order valence-corrected chi connectivity index (χ2v) is 5.36. The Kier molecular flexibility index (Phi) is 7.44. The van der Waals surface area contributed by atoms with Crippen molar-refractivity contribution in [1.29, 1.82) is 0 Å². The standard InChI is InChI=1S/C13H23NO2S/c1-11(2)13(12-5-3-10-17-12)14-6-4-8-16-9-7-15/h3,5,10-11,13-15H,4,6-9H2,1-2H3. The Hall–Kier alpha value is -0.420. The summed E-state index contributed by atoms with van der Waals surface area (Å²) in [7, 11) is 0. The van der Waals surface area contributed by atoms with E-state index in [-0.39, 0.29) is 6.61 Å². The normalized spacial score (nSPS) is 13.2. The predicted octanol–water partition coefficient (Wildman–Crippen LogP) is 2.43. The van der Waals surface area contributed by atoms with Crippen LogP contribution in [0, 0.1) is 5.92 Å². The van der Waals surface area contributed by atoms with Gasteiger partial charge in [0.05, 0.1) is 13.2 Å². The Labute approximate surface area is 108 Å². The molecule has 0 spiro atoms. The van der Waals surface area contributed by atoms with Crippen molar-refractivity contribution in [2.45, 2.75) is 26.3 Å². The van der Waals surface area contributed by atoms with E-state index in [0.717, 1.165) is 13.0 Å². The van der Waals surface area contributed by atoms with Gasteiger partial charge in [0.15, 0.2) is 0 Å². The zero-order valence-corrected chi connectivity index (χ0v) is 11.5. The van der Waals surface area contributed by atoms with Crippen molar-refractivity contribution >= 4 is 11.3 Å². The summed E-state index contributed by atoms with van der Waals surface area (Å²) in [6.07, 6.45) is 0.981. The highest BCUT2D eigenvalue weighted by molar-refractivity contribution is 7.10. The number of hydrogen-bond donors (Lipinski definition) is 2. The Bertz CT molecular complexity index is 275. The molecule has 1 atom stereocenters. The molecule has 0 bridgehead atoms. The Balaban J connectivity index is 2.22. The van der Waals surface area contributed by atoms with Gasteiger partial charge in [0.2, 0.25) is 0 Å². The van der Waals surface area contributed by atoms with Crippen molar-refractivity contribution in [1.82, 2.24) is 5.32 Å². The van der Waals surface area contributed by atoms with E-state index in [1.165, 1.54) is 4.88 Å². The van der Waals surface area contributed by atoms with Crippen molar-refractivity contribution in [3.8, 4) is 0 Å². The maximum absolute atomic E-state index is 8.57. The minimum Gasteiger partial charge on any atom is -0.394 e. The van der Waals surface area contributed by atoms with Crippen LogP contribution in [0.25, 0.3) is 0 Å². The van der Waals surface area contributed by atoms with Crippen LogP contribution in [-0.2, 0) is 4.74 Å². The highest BCUT2D eigenvalue weighted by atomic mass is 32.1. The summed E-state index contributed by atoms with van der Waals surface area (Å²) >= 11 is 1.80. The Morgan fingerprint density at radius 1 is 1.41 bits per heavy atom. The third-order valence-corrected chi connectivity index (χ3v) is 3.54. The van der Waals surface area contributed by atoms with E-state index in [1.54, 1.807) is 11.3 Å². The summed E-state index contributed by atoms with van der Waals surface area (Å²) in [5, 5.41) is 14.3. The number of rotatable bonds is 9. The Morgan fingerprint density at radius 2 is 2.24 bits per heavy atom. The van der Waals surface area contributed by atoms with Crippen molar-refractivity contribution < 1.29 is 9.84 Å². The van der Waals surface area contributed by atoms with Crippen LogP contribution < -0.4 is 5.32 Å². The van der Waals surface area contributed by atoms with Crippen LogP contribution in [0.1, 0.15) is 31.2 Å². The molecule has 0 amide bonds. The summed E-state index contributed by atoms with van der Waals surface area (Å²) in [5.74, 6) is 0.590. The first kappa shape index (κ1) is 14.6. The molecule has 0 aliphatic carbocycles. The SMILES string of the molecule is CC(C)C(NCCCOCCO)c1cccs1. The largest absolute Gasteiger partial charge is 0.394 e. The van der Waals surface area contributed by atoms with Gasteiger partial charge in [0.1, 0.15) is 0 Å². The van der Waals surface area contributed by atoms with Crippen LogP contribution in [0.3, 0.4) is 0 Å². The smallest absolute Gasteiger partial charge is 0.0697 e. The minimum absolute atomic E-state index is 0.108. The molecule has 0 saturated carbocycles. The highest BCUT2D eigenvalue weighted by Gasteiger charge is 2.15. The van der Waals surface area contributed by atoms with Crippen LogP contribution in [0.15, 0.2) is 17.5 Å². The lowest BCUT2D eigenvalue weighted by Crippen LogP contribution is -2.26. The third-order valence-electron chi connectivity index (χ3n) is 2.58. The monoisotopic (exact) mass is 257 g/mol. The van der Waals surface area contributed by atoms with Gasteiger partial charge in [0, 0.05) is 17.5 Å². The van der Waals surface area contributed by atoms with Gasteiger partial charge in [-0.3, -0.25) is 0 Å². The number of nitrogens with one attached hydrogen (secondary N) is 1. The molecule has 0 saturated heterocycles. The maximum Gasteiger partial charge on any atom is 0.0697 e. The molecule has 4 heteroatoms. The molecule has 1 heterocycles. The molecule has 98 valence electrons. The van der Waals surface area contributed by atoms with Crippen molar-refractivity contribution in [3.05, 3.63) is 22.4 Å². The fourth-order valence-corrected chi connectivity index (χ4v) is 2.70. The van der Waals surface area contributed by atoms with Gasteiger partial charge in [-0.1, -0.05) is 19.9 Å². The van der Waals surface area contributed by atoms with E-state index in [0.29, 0.717) is 25.2 Å². The van der Waals surface area contributed by atoms with Crippen molar-refractivity contribution in [2.75, 3.05) is 26.4 Å². The third kappa shape index (κ3) is 5.64. The van der Waals surface area contributed by atoms with E-state index < -0.39 is 0 Å². The maximum atomic E-state index is 8.57. The van der Waals surface area contributed by atoms with E-state index >= 15 is 0 Å². The molecule has 17 heavy (non-hydrogen) atoms. The average Bonchev–Trinajstić information content (AvgIpc) is 2.81. The first-order chi connectivity index (χ1) is 8.25. The summed E-state index contributed by atoms with van der Waals surface area (Å²) in [5.41, 5.74) is 0. The first-order valence-electron chi connectivity index (χ1n) is 6.21. The molecule has 1 unspecified atom stereocenters. The summed E-state index contributed by atoms with van der Waals surface area (Å²) in [6, 6.07) is 4.72. The molecule has 0 aromatic carbocycles. The molecular formula is C13H23NO2S. The fourth-order valence-electron chi connectivity index (χ4n) is 1.73. The van der Waals surface area contributed by atoms with E-state index in [1.807, 2.05) is 0 Å². The second-order valence-electron chi connectivity index (χ2n) is 4.38. The zero-order valence-electron chi connectivity index (χ0n) is 10.7. The molecule has 1 aromatic rings. The van der Waals surface area contributed by atoms with Crippen LogP contribution in [0.4, 0.5) is 0 Å². The second kappa shape index (κ2) is 8.64.